The van der Waals surface area contributed by atoms with E-state index in [1.807, 2.05) is 0 Å². The van der Waals surface area contributed by atoms with Gasteiger partial charge >= 0.3 is 229 Å². The van der Waals surface area contributed by atoms with Crippen molar-refractivity contribution < 1.29 is 33.9 Å². The van der Waals surface area contributed by atoms with Crippen LogP contribution in [0.4, 0.5) is 26.3 Å². The average Bonchev–Trinajstić information content (AvgIpc) is 2.91. The van der Waals surface area contributed by atoms with Crippen LogP contribution in [0.3, 0.4) is 0 Å². The number of rotatable bonds is 13. The summed E-state index contributed by atoms with van der Waals surface area (Å²) in [6.07, 6.45) is -10.9. The Morgan fingerprint density at radius 3 is 0.895 bits per heavy atom. The van der Waals surface area contributed by atoms with Crippen molar-refractivity contribution in [2.24, 2.45) is 0 Å². The van der Waals surface area contributed by atoms with Crippen molar-refractivity contribution in [2.45, 2.75) is 96.6 Å². The van der Waals surface area contributed by atoms with E-state index in [1.165, 1.54) is 36.4 Å². The molecule has 2 aromatic carbocycles. The number of alkyl halides is 6. The Hall–Kier alpha value is -0.974. The minimum absolute atomic E-state index is 0.280. The van der Waals surface area contributed by atoms with Gasteiger partial charge in [-0.2, -0.15) is 0 Å². The van der Waals surface area contributed by atoms with Crippen LogP contribution in [-0.4, -0.2) is 39.6 Å². The molecular weight excluding hydrogens is 628 g/mol. The van der Waals surface area contributed by atoms with Crippen molar-refractivity contribution >= 4 is 27.2 Å². The van der Waals surface area contributed by atoms with Gasteiger partial charge in [-0.25, -0.2) is 0 Å². The van der Waals surface area contributed by atoms with Crippen LogP contribution in [0.25, 0.3) is 0 Å². The molecule has 0 saturated carbocycles. The van der Waals surface area contributed by atoms with Gasteiger partial charge in [-0.1, -0.05) is 0 Å². The Morgan fingerprint density at radius 2 is 0.711 bits per heavy atom. The number of benzene rings is 2. The van der Waals surface area contributed by atoms with Crippen LogP contribution in [0.15, 0.2) is 60.7 Å². The first-order chi connectivity index (χ1) is 17.7. The molecule has 2 nitrogen and oxygen atoms in total. The second-order valence-electron chi connectivity index (χ2n) is 9.78. The summed E-state index contributed by atoms with van der Waals surface area (Å²) in [6, 6.07) is 12.7. The van der Waals surface area contributed by atoms with Gasteiger partial charge < -0.3 is 0 Å². The summed E-state index contributed by atoms with van der Waals surface area (Å²) in [7, 11) is 0. The van der Waals surface area contributed by atoms with Crippen molar-refractivity contribution in [3.05, 3.63) is 71.8 Å². The standard InChI is InChI=1S/C28H40F6Ge2O2/c1-7-35(8-2,9-3)37-25(27(29,30)31,23-19-15-13-16-20-23)26(28(32,33)34,24-21-17-14-18-22-24)38-36(10-4,11-5)12-6/h13-22H,7-12H2,1-6H3. The van der Waals surface area contributed by atoms with E-state index in [0.717, 1.165) is 24.3 Å². The molecule has 0 bridgehead atoms. The van der Waals surface area contributed by atoms with Crippen molar-refractivity contribution in [1.29, 1.82) is 0 Å². The normalized spacial score (nSPS) is 16.6. The molecule has 214 valence electrons. The second-order valence-corrected chi connectivity index (χ2v) is 29.5. The van der Waals surface area contributed by atoms with E-state index in [1.54, 1.807) is 41.5 Å². The van der Waals surface area contributed by atoms with Gasteiger partial charge in [0.1, 0.15) is 0 Å². The topological polar surface area (TPSA) is 18.5 Å². The van der Waals surface area contributed by atoms with Crippen molar-refractivity contribution in [3.8, 4) is 0 Å². The van der Waals surface area contributed by atoms with E-state index in [-0.39, 0.29) is 31.5 Å². The first kappa shape index (κ1) is 33.2. The summed E-state index contributed by atoms with van der Waals surface area (Å²) in [4.78, 5) is 0. The zero-order chi connectivity index (χ0) is 28.9. The maximum absolute atomic E-state index is 15.9. The molecule has 2 aromatic rings. The molecule has 0 amide bonds. The molecule has 10 heteroatoms. The molecule has 0 aromatic heterocycles. The quantitative estimate of drug-likeness (QED) is 0.156. The van der Waals surface area contributed by atoms with Gasteiger partial charge in [0.05, 0.1) is 0 Å². The van der Waals surface area contributed by atoms with E-state index in [9.17, 15) is 0 Å². The van der Waals surface area contributed by atoms with Crippen molar-refractivity contribution in [3.63, 3.8) is 0 Å². The number of hydrogen-bond acceptors (Lipinski definition) is 2. The first-order valence-electron chi connectivity index (χ1n) is 13.4. The second kappa shape index (κ2) is 12.7. The fourth-order valence-corrected chi connectivity index (χ4v) is 17.9. The third-order valence-corrected chi connectivity index (χ3v) is 27.6. The predicted molar refractivity (Wildman–Crippen MR) is 145 cm³/mol. The third-order valence-electron chi connectivity index (χ3n) is 8.26. The van der Waals surface area contributed by atoms with Gasteiger partial charge in [0.15, 0.2) is 0 Å². The van der Waals surface area contributed by atoms with E-state index in [2.05, 4.69) is 0 Å². The fraction of sp³-hybridized carbons (Fsp3) is 0.571. The van der Waals surface area contributed by atoms with Crippen molar-refractivity contribution in [2.75, 3.05) is 0 Å². The molecule has 0 N–H and O–H groups in total. The maximum atomic E-state index is 15.9. The summed E-state index contributed by atoms with van der Waals surface area (Å²) >= 11 is -8.01. The summed E-state index contributed by atoms with van der Waals surface area (Å²) < 4.78 is 108. The van der Waals surface area contributed by atoms with E-state index in [4.69, 9.17) is 7.53 Å². The van der Waals surface area contributed by atoms with Crippen LogP contribution in [0.2, 0.25) is 31.5 Å². The van der Waals surface area contributed by atoms with Gasteiger partial charge in [0.25, 0.3) is 0 Å². The molecule has 0 aliphatic carbocycles. The summed E-state index contributed by atoms with van der Waals surface area (Å²) in [5.41, 5.74) is -8.75. The van der Waals surface area contributed by atoms with Crippen LogP contribution in [0.1, 0.15) is 52.7 Å². The zero-order valence-corrected chi connectivity index (χ0v) is 27.3. The molecule has 0 aliphatic heterocycles. The van der Waals surface area contributed by atoms with Gasteiger partial charge in [0.2, 0.25) is 0 Å². The van der Waals surface area contributed by atoms with Crippen LogP contribution in [0, 0.1) is 0 Å². The Morgan fingerprint density at radius 1 is 0.474 bits per heavy atom. The molecule has 0 aliphatic rings. The molecule has 2 rings (SSSR count). The van der Waals surface area contributed by atoms with E-state index in [0.29, 0.717) is 0 Å². The van der Waals surface area contributed by atoms with Crippen molar-refractivity contribution in [1.82, 2.24) is 0 Å². The molecule has 0 radical (unpaired) electrons. The number of halogens is 6. The summed E-state index contributed by atoms with van der Waals surface area (Å²) in [6.45, 7) is 10.4. The number of hydrogen-bond donors (Lipinski definition) is 0. The van der Waals surface area contributed by atoms with Gasteiger partial charge in [-0.15, -0.1) is 0 Å². The molecular formula is C28H40F6Ge2O2. The molecule has 2 atom stereocenters. The zero-order valence-electron chi connectivity index (χ0n) is 23.1. The first-order valence-corrected chi connectivity index (χ1v) is 24.0. The Bertz CT molecular complexity index is 894. The van der Waals surface area contributed by atoms with E-state index < -0.39 is 61.9 Å². The molecule has 0 saturated heterocycles. The van der Waals surface area contributed by atoms with Gasteiger partial charge in [0, 0.05) is 0 Å². The van der Waals surface area contributed by atoms with Gasteiger partial charge in [-0.05, 0) is 0 Å². The Kier molecular flexibility index (Phi) is 11.1. The summed E-state index contributed by atoms with van der Waals surface area (Å²) in [5.74, 6) is 0. The predicted octanol–water partition coefficient (Wildman–Crippen LogP) is 9.95. The SMILES string of the molecule is C[CH2][Ge]([CH2]C)([CH2]C)[O]C(c1ccccc1)(C(F)(F)F)C([O][Ge]([CH2]C)([CH2]C)[CH2]C)(c1ccccc1)C(F)(F)F. The monoisotopic (exact) mass is 670 g/mol. The molecule has 0 spiro atoms. The van der Waals surface area contributed by atoms with Crippen LogP contribution in [-0.2, 0) is 18.7 Å². The van der Waals surface area contributed by atoms with Crippen LogP contribution >= 0.6 is 0 Å². The molecule has 2 unspecified atom stereocenters. The third kappa shape index (κ3) is 5.74. The van der Waals surface area contributed by atoms with Crippen LogP contribution in [0.5, 0.6) is 0 Å². The minimum atomic E-state index is -5.46. The molecule has 38 heavy (non-hydrogen) atoms. The van der Waals surface area contributed by atoms with Crippen LogP contribution < -0.4 is 0 Å². The van der Waals surface area contributed by atoms with E-state index >= 15 is 26.3 Å². The summed E-state index contributed by atoms with van der Waals surface area (Å²) in [5, 5.41) is 1.68. The van der Waals surface area contributed by atoms with Gasteiger partial charge in [-0.3, -0.25) is 0 Å². The fourth-order valence-electron chi connectivity index (χ4n) is 5.44. The molecule has 0 heterocycles. The molecule has 0 fully saturated rings. The average molecular weight is 668 g/mol. The Balaban J connectivity index is 3.31. The Labute approximate surface area is 228 Å².